The maximum Gasteiger partial charge on any atom is 0.304 e. The van der Waals surface area contributed by atoms with E-state index in [0.717, 1.165) is 0 Å². The maximum absolute atomic E-state index is 9.56. The van der Waals surface area contributed by atoms with Crippen LogP contribution in [0.1, 0.15) is 13.3 Å². The fourth-order valence-electron chi connectivity index (χ4n) is 0.123. The van der Waals surface area contributed by atoms with E-state index in [1.807, 2.05) is 0 Å². The number of carboxylic acids is 1. The molecule has 0 atom stereocenters. The van der Waals surface area contributed by atoms with Gasteiger partial charge in [-0.2, -0.15) is 8.42 Å². The Morgan fingerprint density at radius 3 is 1.83 bits per heavy atom. The molecule has 6 nitrogen and oxygen atoms in total. The van der Waals surface area contributed by atoms with E-state index in [0.29, 0.717) is 0 Å². The topological polar surface area (TPSA) is 118 Å². The molecule has 0 bridgehead atoms. The first-order chi connectivity index (χ1) is 5.33. The van der Waals surface area contributed by atoms with Gasteiger partial charge in [-0.25, -0.2) is 0 Å². The van der Waals surface area contributed by atoms with E-state index in [2.05, 4.69) is 0 Å². The Hall–Kier alpha value is -0.660. The summed E-state index contributed by atoms with van der Waals surface area (Å²) in [5.41, 5.74) is 4.85. The second-order valence-electron chi connectivity index (χ2n) is 1.80. The molecular weight excluding hydrogens is 186 g/mol. The molecule has 0 saturated heterocycles. The van der Waals surface area contributed by atoms with Gasteiger partial charge in [-0.05, 0) is 6.92 Å². The van der Waals surface area contributed by atoms with Crippen molar-refractivity contribution in [1.82, 2.24) is 0 Å². The lowest BCUT2D eigenvalue weighted by Gasteiger charge is -1.80. The standard InChI is InChI=1S/C3H7NO2.C2H6O3S/c4-2-1-3(5)6;1-2-6(3,4)5/h1-2,4H2,(H,5,6);2H2,1H3,(H,3,4,5). The first-order valence-corrected chi connectivity index (χ1v) is 4.81. The average Bonchev–Trinajstić information content (AvgIpc) is 1.87. The molecule has 4 N–H and O–H groups in total. The van der Waals surface area contributed by atoms with Crippen molar-refractivity contribution in [3.63, 3.8) is 0 Å². The largest absolute Gasteiger partial charge is 0.481 e. The lowest BCUT2D eigenvalue weighted by Crippen LogP contribution is -2.05. The number of carbonyl (C=O) groups is 1. The van der Waals surface area contributed by atoms with E-state index in [9.17, 15) is 13.2 Å². The van der Waals surface area contributed by atoms with Crippen molar-refractivity contribution in [2.45, 2.75) is 13.3 Å². The van der Waals surface area contributed by atoms with Gasteiger partial charge in [-0.1, -0.05) is 0 Å². The highest BCUT2D eigenvalue weighted by atomic mass is 32.2. The van der Waals surface area contributed by atoms with Gasteiger partial charge in [0, 0.05) is 6.54 Å². The van der Waals surface area contributed by atoms with E-state index in [1.54, 1.807) is 0 Å². The van der Waals surface area contributed by atoms with Crippen molar-refractivity contribution in [2.24, 2.45) is 5.73 Å². The Labute approximate surface area is 71.1 Å². The molecule has 74 valence electrons. The van der Waals surface area contributed by atoms with Crippen LogP contribution in [-0.2, 0) is 14.9 Å². The van der Waals surface area contributed by atoms with Crippen molar-refractivity contribution < 1.29 is 22.9 Å². The Kier molecular flexibility index (Phi) is 8.12. The van der Waals surface area contributed by atoms with Gasteiger partial charge in [0.2, 0.25) is 0 Å². The van der Waals surface area contributed by atoms with Crippen molar-refractivity contribution in [3.05, 3.63) is 0 Å². The molecule has 0 unspecified atom stereocenters. The number of aliphatic carboxylic acids is 1. The van der Waals surface area contributed by atoms with Crippen molar-refractivity contribution >= 4 is 16.1 Å². The van der Waals surface area contributed by atoms with Crippen LogP contribution in [0.3, 0.4) is 0 Å². The third-order valence-electron chi connectivity index (χ3n) is 0.723. The van der Waals surface area contributed by atoms with Crippen LogP contribution in [0.15, 0.2) is 0 Å². The van der Waals surface area contributed by atoms with Gasteiger partial charge >= 0.3 is 5.97 Å². The summed E-state index contributed by atoms with van der Waals surface area (Å²) in [6, 6.07) is 0. The van der Waals surface area contributed by atoms with Crippen LogP contribution in [0.4, 0.5) is 0 Å². The van der Waals surface area contributed by atoms with Gasteiger partial charge < -0.3 is 10.8 Å². The van der Waals surface area contributed by atoms with E-state index in [4.69, 9.17) is 15.4 Å². The Morgan fingerprint density at radius 2 is 1.83 bits per heavy atom. The van der Waals surface area contributed by atoms with E-state index < -0.39 is 16.1 Å². The third kappa shape index (κ3) is 22.8. The fourth-order valence-corrected chi connectivity index (χ4v) is 0.123. The van der Waals surface area contributed by atoms with Gasteiger partial charge in [-0.3, -0.25) is 9.35 Å². The molecule has 0 aromatic rings. The maximum atomic E-state index is 9.56. The number of hydrogen-bond donors (Lipinski definition) is 3. The summed E-state index contributed by atoms with van der Waals surface area (Å²) in [6.45, 7) is 1.60. The number of carboxylic acid groups (broad SMARTS) is 1. The number of nitrogens with two attached hydrogens (primary N) is 1. The molecule has 0 rings (SSSR count). The zero-order valence-corrected chi connectivity index (χ0v) is 7.54. The van der Waals surface area contributed by atoms with Crippen molar-refractivity contribution in [3.8, 4) is 0 Å². The monoisotopic (exact) mass is 199 g/mol. The van der Waals surface area contributed by atoms with Crippen LogP contribution >= 0.6 is 0 Å². The summed E-state index contributed by atoms with van der Waals surface area (Å²) in [7, 11) is -3.66. The van der Waals surface area contributed by atoms with Gasteiger partial charge in [0.25, 0.3) is 10.1 Å². The molecule has 0 aromatic heterocycles. The number of rotatable bonds is 3. The second-order valence-corrected chi connectivity index (χ2v) is 3.54. The highest BCUT2D eigenvalue weighted by Crippen LogP contribution is 1.74. The van der Waals surface area contributed by atoms with Crippen LogP contribution in [0.2, 0.25) is 0 Å². The molecule has 7 heteroatoms. The van der Waals surface area contributed by atoms with E-state index >= 15 is 0 Å². The molecule has 0 aliphatic carbocycles. The van der Waals surface area contributed by atoms with Crippen LogP contribution in [-0.4, -0.2) is 36.3 Å². The molecule has 0 amide bonds. The summed E-state index contributed by atoms with van der Waals surface area (Å²) in [5.74, 6) is -1.04. The minimum atomic E-state index is -3.66. The molecule has 12 heavy (non-hydrogen) atoms. The summed E-state index contributed by atoms with van der Waals surface area (Å²) in [5, 5.41) is 7.83. The predicted molar refractivity (Wildman–Crippen MR) is 43.4 cm³/mol. The van der Waals surface area contributed by atoms with Crippen molar-refractivity contribution in [1.29, 1.82) is 0 Å². The lowest BCUT2D eigenvalue weighted by molar-refractivity contribution is -0.136. The Bertz CT molecular complexity index is 210. The van der Waals surface area contributed by atoms with Gasteiger partial charge in [0.15, 0.2) is 0 Å². The molecule has 0 saturated carbocycles. The zero-order valence-electron chi connectivity index (χ0n) is 6.73. The molecule has 0 heterocycles. The summed E-state index contributed by atoms with van der Waals surface area (Å²) >= 11 is 0. The molecule has 0 aliphatic heterocycles. The quantitative estimate of drug-likeness (QED) is 0.518. The smallest absolute Gasteiger partial charge is 0.304 e. The zero-order chi connectivity index (χ0) is 10.2. The first-order valence-electron chi connectivity index (χ1n) is 3.20. The SMILES string of the molecule is CCS(=O)(=O)O.NCCC(=O)O. The average molecular weight is 199 g/mol. The highest BCUT2D eigenvalue weighted by Gasteiger charge is 1.93. The lowest BCUT2D eigenvalue weighted by atomic mass is 10.5. The summed E-state index contributed by atoms with van der Waals surface area (Å²) < 4.78 is 26.9. The second kappa shape index (κ2) is 7.01. The van der Waals surface area contributed by atoms with E-state index in [-0.39, 0.29) is 18.7 Å². The molecule has 0 aromatic carbocycles. The van der Waals surface area contributed by atoms with Crippen LogP contribution in [0.25, 0.3) is 0 Å². The molecule has 0 radical (unpaired) electrons. The summed E-state index contributed by atoms with van der Waals surface area (Å²) in [4.78, 5) is 9.52. The number of hydrogen-bond acceptors (Lipinski definition) is 4. The minimum absolute atomic E-state index is 0.0694. The van der Waals surface area contributed by atoms with Crippen LogP contribution in [0.5, 0.6) is 0 Å². The minimum Gasteiger partial charge on any atom is -0.481 e. The van der Waals surface area contributed by atoms with Gasteiger partial charge in [0.05, 0.1) is 12.2 Å². The highest BCUT2D eigenvalue weighted by molar-refractivity contribution is 7.85. The van der Waals surface area contributed by atoms with Crippen LogP contribution < -0.4 is 5.73 Å². The Balaban J connectivity index is 0. The van der Waals surface area contributed by atoms with Gasteiger partial charge in [-0.15, -0.1) is 0 Å². The third-order valence-corrected chi connectivity index (χ3v) is 1.45. The molecular formula is C5H13NO5S. The predicted octanol–water partition coefficient (Wildman–Crippen LogP) is -0.686. The first kappa shape index (κ1) is 13.9. The van der Waals surface area contributed by atoms with Crippen LogP contribution in [0, 0.1) is 0 Å². The van der Waals surface area contributed by atoms with Crippen molar-refractivity contribution in [2.75, 3.05) is 12.3 Å². The molecule has 0 fully saturated rings. The molecule has 0 spiro atoms. The fraction of sp³-hybridized carbons (Fsp3) is 0.800. The normalized spacial score (nSPS) is 9.92. The Morgan fingerprint density at radius 1 is 1.50 bits per heavy atom. The summed E-state index contributed by atoms with van der Waals surface area (Å²) in [6.07, 6.45) is 0.0694. The van der Waals surface area contributed by atoms with Gasteiger partial charge in [0.1, 0.15) is 0 Å². The van der Waals surface area contributed by atoms with E-state index in [1.165, 1.54) is 6.92 Å². The molecule has 0 aliphatic rings.